The molecule has 0 aromatic carbocycles. The summed E-state index contributed by atoms with van der Waals surface area (Å²) in [4.78, 5) is 4.01. The lowest BCUT2D eigenvalue weighted by molar-refractivity contribution is -0.0269. The van der Waals surface area contributed by atoms with E-state index < -0.39 is 0 Å². The van der Waals surface area contributed by atoms with Crippen LogP contribution in [-0.2, 0) is 4.74 Å². The fourth-order valence-electron chi connectivity index (χ4n) is 2.28. The third kappa shape index (κ3) is 3.03. The average Bonchev–Trinajstić information content (AvgIpc) is 2.38. The standard InChI is InChI=1S/C13H20N2O/c14-10-13(11-6-8-15-9-7-11)16-12-4-2-1-3-5-12/h6-9,12-13H,1-5,10,14H2. The molecule has 1 aliphatic rings. The molecule has 1 heterocycles. The van der Waals surface area contributed by atoms with E-state index in [0.29, 0.717) is 12.6 Å². The van der Waals surface area contributed by atoms with Gasteiger partial charge in [0.2, 0.25) is 0 Å². The highest BCUT2D eigenvalue weighted by Gasteiger charge is 2.19. The first-order valence-electron chi connectivity index (χ1n) is 6.15. The van der Waals surface area contributed by atoms with Crippen LogP contribution in [0.2, 0.25) is 0 Å². The molecule has 0 radical (unpaired) electrons. The normalized spacial score (nSPS) is 19.6. The highest BCUT2D eigenvalue weighted by Crippen LogP contribution is 2.26. The van der Waals surface area contributed by atoms with Crippen LogP contribution >= 0.6 is 0 Å². The maximum atomic E-state index is 6.07. The topological polar surface area (TPSA) is 48.1 Å². The largest absolute Gasteiger partial charge is 0.369 e. The second-order valence-electron chi connectivity index (χ2n) is 4.40. The van der Waals surface area contributed by atoms with Gasteiger partial charge in [0, 0.05) is 18.9 Å². The minimum atomic E-state index is 0.0334. The molecule has 2 N–H and O–H groups in total. The number of hydrogen-bond donors (Lipinski definition) is 1. The van der Waals surface area contributed by atoms with Crippen molar-refractivity contribution in [2.24, 2.45) is 5.73 Å². The van der Waals surface area contributed by atoms with Crippen molar-refractivity contribution in [3.63, 3.8) is 0 Å². The van der Waals surface area contributed by atoms with Crippen molar-refractivity contribution in [3.05, 3.63) is 30.1 Å². The predicted octanol–water partition coefficient (Wildman–Crippen LogP) is 2.43. The van der Waals surface area contributed by atoms with E-state index in [1.807, 2.05) is 12.1 Å². The zero-order valence-corrected chi connectivity index (χ0v) is 9.64. The molecule has 0 saturated heterocycles. The van der Waals surface area contributed by atoms with Gasteiger partial charge in [0.25, 0.3) is 0 Å². The number of nitrogens with two attached hydrogens (primary N) is 1. The highest BCUT2D eigenvalue weighted by molar-refractivity contribution is 5.13. The minimum Gasteiger partial charge on any atom is -0.369 e. The minimum absolute atomic E-state index is 0.0334. The van der Waals surface area contributed by atoms with Crippen molar-refractivity contribution < 1.29 is 4.74 Å². The van der Waals surface area contributed by atoms with Gasteiger partial charge in [-0.2, -0.15) is 0 Å². The van der Waals surface area contributed by atoms with E-state index >= 15 is 0 Å². The van der Waals surface area contributed by atoms with Gasteiger partial charge in [-0.05, 0) is 30.5 Å². The van der Waals surface area contributed by atoms with E-state index in [1.54, 1.807) is 12.4 Å². The Hall–Kier alpha value is -0.930. The van der Waals surface area contributed by atoms with E-state index in [1.165, 1.54) is 32.1 Å². The van der Waals surface area contributed by atoms with E-state index in [9.17, 15) is 0 Å². The Morgan fingerprint density at radius 3 is 2.56 bits per heavy atom. The molecule has 3 nitrogen and oxygen atoms in total. The Morgan fingerprint density at radius 1 is 1.25 bits per heavy atom. The lowest BCUT2D eigenvalue weighted by atomic mass is 9.97. The lowest BCUT2D eigenvalue weighted by Crippen LogP contribution is -2.24. The van der Waals surface area contributed by atoms with Crippen molar-refractivity contribution in [1.29, 1.82) is 0 Å². The quantitative estimate of drug-likeness (QED) is 0.847. The van der Waals surface area contributed by atoms with Gasteiger partial charge in [0.05, 0.1) is 12.2 Å². The molecular formula is C13H20N2O. The summed E-state index contributed by atoms with van der Waals surface area (Å²) in [5.41, 5.74) is 6.92. The summed E-state index contributed by atoms with van der Waals surface area (Å²) in [6.07, 6.45) is 10.3. The first kappa shape index (κ1) is 11.6. The molecule has 1 aliphatic carbocycles. The number of aromatic nitrogens is 1. The van der Waals surface area contributed by atoms with Crippen molar-refractivity contribution in [2.75, 3.05) is 6.54 Å². The zero-order valence-electron chi connectivity index (χ0n) is 9.64. The number of hydrogen-bond acceptors (Lipinski definition) is 3. The molecule has 2 rings (SSSR count). The Labute approximate surface area is 97.0 Å². The molecule has 0 spiro atoms. The van der Waals surface area contributed by atoms with Crippen molar-refractivity contribution in [3.8, 4) is 0 Å². The van der Waals surface area contributed by atoms with Crippen molar-refractivity contribution in [2.45, 2.75) is 44.3 Å². The van der Waals surface area contributed by atoms with Gasteiger partial charge in [-0.1, -0.05) is 19.3 Å². The monoisotopic (exact) mass is 220 g/mol. The zero-order chi connectivity index (χ0) is 11.2. The molecule has 0 aliphatic heterocycles. The van der Waals surface area contributed by atoms with Crippen LogP contribution in [0, 0.1) is 0 Å². The van der Waals surface area contributed by atoms with Gasteiger partial charge < -0.3 is 10.5 Å². The fraction of sp³-hybridized carbons (Fsp3) is 0.615. The Kier molecular flexibility index (Phi) is 4.31. The molecular weight excluding hydrogens is 200 g/mol. The molecule has 1 unspecified atom stereocenters. The van der Waals surface area contributed by atoms with Crippen LogP contribution in [0.5, 0.6) is 0 Å². The summed E-state index contributed by atoms with van der Waals surface area (Å²) >= 11 is 0. The SMILES string of the molecule is NCC(OC1CCCCC1)c1ccncc1. The van der Waals surface area contributed by atoms with Gasteiger partial charge in [0.1, 0.15) is 0 Å². The van der Waals surface area contributed by atoms with E-state index in [-0.39, 0.29) is 6.10 Å². The summed E-state index contributed by atoms with van der Waals surface area (Å²) in [5.74, 6) is 0. The maximum absolute atomic E-state index is 6.07. The van der Waals surface area contributed by atoms with Crippen LogP contribution in [0.4, 0.5) is 0 Å². The lowest BCUT2D eigenvalue weighted by Gasteiger charge is -2.27. The van der Waals surface area contributed by atoms with Crippen LogP contribution in [0.1, 0.15) is 43.8 Å². The van der Waals surface area contributed by atoms with Crippen LogP contribution in [0.25, 0.3) is 0 Å². The van der Waals surface area contributed by atoms with Gasteiger partial charge >= 0.3 is 0 Å². The summed E-state index contributed by atoms with van der Waals surface area (Å²) < 4.78 is 6.07. The molecule has 88 valence electrons. The summed E-state index contributed by atoms with van der Waals surface area (Å²) in [5, 5.41) is 0. The van der Waals surface area contributed by atoms with Gasteiger partial charge in [-0.25, -0.2) is 0 Å². The third-order valence-electron chi connectivity index (χ3n) is 3.20. The Morgan fingerprint density at radius 2 is 1.94 bits per heavy atom. The maximum Gasteiger partial charge on any atom is 0.0951 e. The van der Waals surface area contributed by atoms with Crippen molar-refractivity contribution >= 4 is 0 Å². The molecule has 1 atom stereocenters. The molecule has 3 heteroatoms. The average molecular weight is 220 g/mol. The Bertz CT molecular complexity index is 296. The van der Waals surface area contributed by atoms with E-state index in [4.69, 9.17) is 10.5 Å². The second kappa shape index (κ2) is 5.97. The Balaban J connectivity index is 1.94. The number of nitrogens with zero attached hydrogens (tertiary/aromatic N) is 1. The van der Waals surface area contributed by atoms with Gasteiger partial charge in [-0.15, -0.1) is 0 Å². The third-order valence-corrected chi connectivity index (χ3v) is 3.20. The second-order valence-corrected chi connectivity index (χ2v) is 4.40. The molecule has 0 amide bonds. The molecule has 16 heavy (non-hydrogen) atoms. The van der Waals surface area contributed by atoms with Crippen LogP contribution in [-0.4, -0.2) is 17.6 Å². The van der Waals surface area contributed by atoms with Gasteiger partial charge in [-0.3, -0.25) is 4.98 Å². The summed E-state index contributed by atoms with van der Waals surface area (Å²) in [6.45, 7) is 0.542. The van der Waals surface area contributed by atoms with Crippen LogP contribution < -0.4 is 5.73 Å². The summed E-state index contributed by atoms with van der Waals surface area (Å²) in [7, 11) is 0. The molecule has 1 aromatic rings. The van der Waals surface area contributed by atoms with Crippen LogP contribution in [0.15, 0.2) is 24.5 Å². The smallest absolute Gasteiger partial charge is 0.0951 e. The molecule has 1 saturated carbocycles. The van der Waals surface area contributed by atoms with Gasteiger partial charge in [0.15, 0.2) is 0 Å². The highest BCUT2D eigenvalue weighted by atomic mass is 16.5. The molecule has 0 bridgehead atoms. The number of rotatable bonds is 4. The van der Waals surface area contributed by atoms with Crippen molar-refractivity contribution in [1.82, 2.24) is 4.98 Å². The fourth-order valence-corrected chi connectivity index (χ4v) is 2.28. The molecule has 1 fully saturated rings. The summed E-state index contributed by atoms with van der Waals surface area (Å²) in [6, 6.07) is 3.97. The molecule has 1 aromatic heterocycles. The first-order chi connectivity index (χ1) is 7.90. The predicted molar refractivity (Wildman–Crippen MR) is 64.0 cm³/mol. The number of ether oxygens (including phenoxy) is 1. The van der Waals surface area contributed by atoms with Crippen LogP contribution in [0.3, 0.4) is 0 Å². The first-order valence-corrected chi connectivity index (χ1v) is 6.15. The van der Waals surface area contributed by atoms with E-state index in [0.717, 1.165) is 5.56 Å². The van der Waals surface area contributed by atoms with E-state index in [2.05, 4.69) is 4.98 Å². The number of pyridine rings is 1.